The van der Waals surface area contributed by atoms with Crippen LogP contribution in [0.15, 0.2) is 34.3 Å². The number of amides is 1. The van der Waals surface area contributed by atoms with Crippen LogP contribution in [0.1, 0.15) is 71.2 Å². The molecule has 1 fully saturated rings. The summed E-state index contributed by atoms with van der Waals surface area (Å²) in [6.45, 7) is 18.6. The Labute approximate surface area is 318 Å². The van der Waals surface area contributed by atoms with Gasteiger partial charge >= 0.3 is 12.1 Å². The van der Waals surface area contributed by atoms with Gasteiger partial charge in [-0.3, -0.25) is 9.89 Å². The Morgan fingerprint density at radius 2 is 1.83 bits per heavy atom. The quantitative estimate of drug-likeness (QED) is 0.209. The van der Waals surface area contributed by atoms with E-state index in [0.717, 1.165) is 72.7 Å². The average Bonchev–Trinajstić information content (AvgIpc) is 3.71. The molecule has 290 valence electrons. The fourth-order valence-electron chi connectivity index (χ4n) is 7.14. The zero-order valence-electron chi connectivity index (χ0n) is 33.1. The Kier molecular flexibility index (Phi) is 12.9. The van der Waals surface area contributed by atoms with Gasteiger partial charge in [-0.1, -0.05) is 19.9 Å². The number of nitrogens with one attached hydrogen (secondary N) is 1. The van der Waals surface area contributed by atoms with E-state index in [1.165, 1.54) is 29.6 Å². The molecule has 5 rings (SSSR count). The van der Waals surface area contributed by atoms with E-state index in [-0.39, 0.29) is 30.6 Å². The van der Waals surface area contributed by atoms with Gasteiger partial charge in [-0.25, -0.2) is 14.6 Å². The molecule has 0 aliphatic carbocycles. The van der Waals surface area contributed by atoms with Crippen molar-refractivity contribution in [2.24, 2.45) is 10.4 Å². The first-order chi connectivity index (χ1) is 25.1. The number of ether oxygens (including phenoxy) is 3. The highest BCUT2D eigenvalue weighted by molar-refractivity contribution is 7.10. The minimum atomic E-state index is -0.949. The molecule has 3 aromatic rings. The number of piperazine rings is 1. The molecule has 0 radical (unpaired) electrons. The molecule has 0 saturated carbocycles. The SMILES string of the molecule is CCn1c(C2=C([C@H](C)OC)N=C[C@H](N3CCN(C)CC3)C2)c(CC(C)(C)CO)c2cc(-c3csc(C[C@H](NC(=O)OC(C)(C)C)C(=O)OC)n3)ccc21. The summed E-state index contributed by atoms with van der Waals surface area (Å²) >= 11 is 1.43. The number of aliphatic hydroxyl groups is 1. The predicted molar refractivity (Wildman–Crippen MR) is 212 cm³/mol. The summed E-state index contributed by atoms with van der Waals surface area (Å²) < 4.78 is 18.7. The van der Waals surface area contributed by atoms with Gasteiger partial charge in [0.05, 0.1) is 35.3 Å². The summed E-state index contributed by atoms with van der Waals surface area (Å²) in [5.74, 6) is -0.572. The number of carbonyl (C=O) groups is 2. The summed E-state index contributed by atoms with van der Waals surface area (Å²) in [6, 6.07) is 5.68. The first kappa shape index (κ1) is 40.6. The maximum atomic E-state index is 12.7. The van der Waals surface area contributed by atoms with Crippen molar-refractivity contribution in [3.05, 3.63) is 45.5 Å². The smallest absolute Gasteiger partial charge is 0.408 e. The topological polar surface area (TPSA) is 131 Å². The molecule has 53 heavy (non-hydrogen) atoms. The van der Waals surface area contributed by atoms with Crippen molar-refractivity contribution in [2.45, 2.75) is 98.1 Å². The minimum Gasteiger partial charge on any atom is -0.467 e. The lowest BCUT2D eigenvalue weighted by molar-refractivity contribution is -0.143. The molecule has 1 amide bonds. The molecule has 0 bridgehead atoms. The van der Waals surface area contributed by atoms with Crippen molar-refractivity contribution in [3.8, 4) is 11.3 Å². The number of aryl methyl sites for hydroxylation is 1. The second-order valence-electron chi connectivity index (χ2n) is 16.0. The first-order valence-electron chi connectivity index (χ1n) is 18.6. The fraction of sp³-hybridized carbons (Fsp3) is 0.600. The van der Waals surface area contributed by atoms with Gasteiger partial charge in [0.1, 0.15) is 11.6 Å². The molecule has 2 aliphatic rings. The summed E-state index contributed by atoms with van der Waals surface area (Å²) in [7, 11) is 5.20. The average molecular weight is 751 g/mol. The van der Waals surface area contributed by atoms with Gasteiger partial charge < -0.3 is 34.1 Å². The molecular formula is C40H58N6O6S. The molecule has 2 aliphatic heterocycles. The highest BCUT2D eigenvalue weighted by Crippen LogP contribution is 2.42. The van der Waals surface area contributed by atoms with Crippen molar-refractivity contribution in [3.63, 3.8) is 0 Å². The number of nitrogens with zero attached hydrogens (tertiary/aromatic N) is 5. The zero-order chi connectivity index (χ0) is 38.7. The van der Waals surface area contributed by atoms with Crippen LogP contribution in [0.5, 0.6) is 0 Å². The van der Waals surface area contributed by atoms with Gasteiger partial charge in [0.25, 0.3) is 0 Å². The third-order valence-corrected chi connectivity index (χ3v) is 11.0. The monoisotopic (exact) mass is 750 g/mol. The Balaban J connectivity index is 1.57. The maximum absolute atomic E-state index is 12.7. The zero-order valence-corrected chi connectivity index (χ0v) is 33.9. The number of likely N-dealkylation sites (N-methyl/N-ethyl adjacent to an activating group) is 1. The molecule has 1 saturated heterocycles. The highest BCUT2D eigenvalue weighted by atomic mass is 32.1. The number of rotatable bonds is 13. The third kappa shape index (κ3) is 9.55. The second kappa shape index (κ2) is 16.8. The van der Waals surface area contributed by atoms with Gasteiger partial charge in [-0.15, -0.1) is 11.3 Å². The summed E-state index contributed by atoms with van der Waals surface area (Å²) in [4.78, 5) is 40.1. The van der Waals surface area contributed by atoms with Crippen LogP contribution in [-0.4, -0.2) is 121 Å². The number of methoxy groups -OCH3 is 2. The van der Waals surface area contributed by atoms with E-state index in [1.54, 1.807) is 27.9 Å². The molecular weight excluding hydrogens is 693 g/mol. The predicted octanol–water partition coefficient (Wildman–Crippen LogP) is 5.79. The van der Waals surface area contributed by atoms with E-state index in [1.807, 2.05) is 5.38 Å². The number of alkyl carbamates (subject to hydrolysis) is 1. The van der Waals surface area contributed by atoms with Gasteiger partial charge in [0, 0.05) is 92.5 Å². The van der Waals surface area contributed by atoms with Gasteiger partial charge in [-0.05, 0) is 77.6 Å². The lowest BCUT2D eigenvalue weighted by Crippen LogP contribution is -2.50. The largest absolute Gasteiger partial charge is 0.467 e. The summed E-state index contributed by atoms with van der Waals surface area (Å²) in [6.07, 6.45) is 2.86. The number of aromatic nitrogens is 2. The number of aliphatic hydroxyl groups excluding tert-OH is 1. The van der Waals surface area contributed by atoms with Crippen LogP contribution in [-0.2, 0) is 38.4 Å². The molecule has 13 heteroatoms. The van der Waals surface area contributed by atoms with E-state index in [4.69, 9.17) is 24.2 Å². The van der Waals surface area contributed by atoms with E-state index in [9.17, 15) is 14.7 Å². The van der Waals surface area contributed by atoms with E-state index in [0.29, 0.717) is 11.4 Å². The summed E-state index contributed by atoms with van der Waals surface area (Å²) in [5, 5.41) is 16.9. The Morgan fingerprint density at radius 1 is 1.11 bits per heavy atom. The highest BCUT2D eigenvalue weighted by Gasteiger charge is 2.34. The molecule has 1 aromatic carbocycles. The molecule has 0 spiro atoms. The van der Waals surface area contributed by atoms with E-state index < -0.39 is 23.7 Å². The van der Waals surface area contributed by atoms with E-state index >= 15 is 0 Å². The van der Waals surface area contributed by atoms with Gasteiger partial charge in [0.15, 0.2) is 0 Å². The maximum Gasteiger partial charge on any atom is 0.408 e. The second-order valence-corrected chi connectivity index (χ2v) is 16.9. The van der Waals surface area contributed by atoms with Crippen LogP contribution in [0.4, 0.5) is 4.79 Å². The lowest BCUT2D eigenvalue weighted by atomic mass is 9.83. The number of hydrogen-bond donors (Lipinski definition) is 2. The van der Waals surface area contributed by atoms with Crippen LogP contribution in [0.25, 0.3) is 27.7 Å². The van der Waals surface area contributed by atoms with Crippen molar-refractivity contribution in [1.82, 2.24) is 24.7 Å². The van der Waals surface area contributed by atoms with Crippen molar-refractivity contribution in [2.75, 3.05) is 54.1 Å². The Bertz CT molecular complexity index is 1830. The lowest BCUT2D eigenvalue weighted by Gasteiger charge is -2.38. The number of esters is 1. The molecule has 3 atom stereocenters. The number of hydrogen-bond acceptors (Lipinski definition) is 11. The van der Waals surface area contributed by atoms with Crippen LogP contribution in [0, 0.1) is 5.41 Å². The fourth-order valence-corrected chi connectivity index (χ4v) is 7.99. The number of aliphatic imine (C=N–C) groups is 1. The number of benzene rings is 1. The van der Waals surface area contributed by atoms with Gasteiger partial charge in [0.2, 0.25) is 0 Å². The third-order valence-electron chi connectivity index (χ3n) is 10.1. The van der Waals surface area contributed by atoms with E-state index in [2.05, 4.69) is 78.8 Å². The van der Waals surface area contributed by atoms with Crippen LogP contribution in [0.3, 0.4) is 0 Å². The van der Waals surface area contributed by atoms with Gasteiger partial charge in [-0.2, -0.15) is 0 Å². The Hall–Kier alpha value is -3.62. The molecule has 12 nitrogen and oxygen atoms in total. The van der Waals surface area contributed by atoms with Crippen molar-refractivity contribution >= 4 is 46.1 Å². The molecule has 2 aromatic heterocycles. The minimum absolute atomic E-state index is 0.0432. The normalized spacial score (nSPS) is 18.7. The Morgan fingerprint density at radius 3 is 2.45 bits per heavy atom. The van der Waals surface area contributed by atoms with Crippen LogP contribution in [0.2, 0.25) is 0 Å². The van der Waals surface area contributed by atoms with Crippen LogP contribution < -0.4 is 5.32 Å². The van der Waals surface area contributed by atoms with Crippen molar-refractivity contribution < 1.29 is 28.9 Å². The number of carbonyl (C=O) groups excluding carboxylic acids is 2. The summed E-state index contributed by atoms with van der Waals surface area (Å²) in [5.41, 5.74) is 6.21. The molecule has 4 heterocycles. The standard InChI is InChI=1S/C40H58N6O6S/c1-11-46-33-13-12-26(32-23-53-34(42-32)20-31(37(48)51-10)43-38(49)52-39(3,4)5)18-28(33)30(21-40(6,7)24-47)36(46)29-19-27(22-41-35(29)25(2)50-9)45-16-14-44(8)15-17-45/h12-13,18,22-23,25,27,31,47H,11,14-17,19-21,24H2,1-10H3,(H,43,49)/t25-,27+,31-/m0/s1. The molecule has 2 N–H and O–H groups in total. The number of fused-ring (bicyclic) bond motifs is 1. The first-order valence-corrected chi connectivity index (χ1v) is 19.5. The van der Waals surface area contributed by atoms with Crippen LogP contribution >= 0.6 is 11.3 Å². The molecule has 0 unspecified atom stereocenters. The number of thiazole rings is 1. The van der Waals surface area contributed by atoms with Crippen molar-refractivity contribution in [1.29, 1.82) is 0 Å².